The van der Waals surface area contributed by atoms with E-state index in [1.807, 2.05) is 30.0 Å². The van der Waals surface area contributed by atoms with E-state index in [0.29, 0.717) is 5.46 Å². The fraction of sp³-hybridized carbons (Fsp3) is 0.0303. The van der Waals surface area contributed by atoms with Crippen molar-refractivity contribution in [3.63, 3.8) is 0 Å². The van der Waals surface area contributed by atoms with Crippen LogP contribution in [0.3, 0.4) is 0 Å². The quantitative estimate of drug-likeness (QED) is 0.257. The molecule has 1 heterocycles. The van der Waals surface area contributed by atoms with Gasteiger partial charge in [-0.15, -0.1) is 0 Å². The van der Waals surface area contributed by atoms with E-state index < -0.39 is 12.5 Å². The maximum absolute atomic E-state index is 10.4. The zero-order valence-electron chi connectivity index (χ0n) is 19.8. The number of rotatable bonds is 1. The summed E-state index contributed by atoms with van der Waals surface area (Å²) >= 11 is 1.86. The van der Waals surface area contributed by atoms with Gasteiger partial charge in [0.25, 0.3) is 0 Å². The molecule has 2 nitrogen and oxygen atoms in total. The molecule has 0 aromatic heterocycles. The van der Waals surface area contributed by atoms with Gasteiger partial charge >= 0.3 is 7.12 Å². The fourth-order valence-corrected chi connectivity index (χ4v) is 8.15. The van der Waals surface area contributed by atoms with Crippen LogP contribution in [0, 0.1) is 0 Å². The summed E-state index contributed by atoms with van der Waals surface area (Å²) in [5.74, 6) is 0. The van der Waals surface area contributed by atoms with E-state index in [2.05, 4.69) is 97.1 Å². The van der Waals surface area contributed by atoms with Gasteiger partial charge in [0.05, 0.1) is 5.41 Å². The van der Waals surface area contributed by atoms with Gasteiger partial charge in [0.15, 0.2) is 0 Å². The second-order valence-electron chi connectivity index (χ2n) is 9.87. The summed E-state index contributed by atoms with van der Waals surface area (Å²) in [5.41, 5.74) is 6.75. The Bertz CT molecular complexity index is 1820. The molecule has 0 radical (unpaired) electrons. The van der Waals surface area contributed by atoms with Crippen LogP contribution in [-0.4, -0.2) is 17.2 Å². The zero-order chi connectivity index (χ0) is 24.7. The van der Waals surface area contributed by atoms with Crippen LogP contribution in [0.1, 0.15) is 22.3 Å². The van der Waals surface area contributed by atoms with Gasteiger partial charge in [-0.3, -0.25) is 0 Å². The molecule has 2 aliphatic rings. The Labute approximate surface area is 219 Å². The molecule has 0 unspecified atom stereocenters. The molecule has 0 saturated carbocycles. The average molecular weight is 492 g/mol. The molecule has 37 heavy (non-hydrogen) atoms. The molecule has 0 fully saturated rings. The highest BCUT2D eigenvalue weighted by Gasteiger charge is 2.51. The number of fused-ring (bicyclic) bond motifs is 13. The highest BCUT2D eigenvalue weighted by atomic mass is 32.2. The highest BCUT2D eigenvalue weighted by Crippen LogP contribution is 2.63. The third-order valence-corrected chi connectivity index (χ3v) is 9.44. The van der Waals surface area contributed by atoms with Crippen molar-refractivity contribution in [1.82, 2.24) is 0 Å². The summed E-state index contributed by atoms with van der Waals surface area (Å²) in [5, 5.41) is 25.8. The van der Waals surface area contributed by atoms with Crippen molar-refractivity contribution in [2.24, 2.45) is 0 Å². The summed E-state index contributed by atoms with van der Waals surface area (Å²) in [6, 6.07) is 40.7. The summed E-state index contributed by atoms with van der Waals surface area (Å²) in [4.78, 5) is 2.53. The summed E-state index contributed by atoms with van der Waals surface area (Å²) in [7, 11) is -1.55. The molecular formula is C33H21BO2S. The Kier molecular flexibility index (Phi) is 4.37. The van der Waals surface area contributed by atoms with Gasteiger partial charge in [-0.05, 0) is 60.4 Å². The first-order valence-corrected chi connectivity index (χ1v) is 13.3. The Balaban J connectivity index is 1.63. The van der Waals surface area contributed by atoms with Crippen LogP contribution in [0.2, 0.25) is 0 Å². The largest absolute Gasteiger partial charge is 0.489 e. The molecule has 0 amide bonds. The van der Waals surface area contributed by atoms with Crippen molar-refractivity contribution in [3.8, 4) is 11.1 Å². The molecular weight excluding hydrogens is 471 g/mol. The van der Waals surface area contributed by atoms with E-state index in [9.17, 15) is 10.0 Å². The minimum Gasteiger partial charge on any atom is -0.423 e. The molecule has 1 aliphatic carbocycles. The lowest BCUT2D eigenvalue weighted by Crippen LogP contribution is -2.35. The predicted octanol–water partition coefficient (Wildman–Crippen LogP) is 6.50. The van der Waals surface area contributed by atoms with E-state index in [1.165, 1.54) is 48.0 Å². The molecule has 6 aromatic carbocycles. The monoisotopic (exact) mass is 492 g/mol. The average Bonchev–Trinajstić information content (AvgIpc) is 3.24. The smallest absolute Gasteiger partial charge is 0.423 e. The third-order valence-electron chi connectivity index (χ3n) is 8.15. The summed E-state index contributed by atoms with van der Waals surface area (Å²) < 4.78 is 0. The first-order valence-electron chi connectivity index (χ1n) is 12.5. The molecule has 0 saturated heterocycles. The lowest BCUT2D eigenvalue weighted by molar-refractivity contribution is 0.426. The van der Waals surface area contributed by atoms with Gasteiger partial charge in [-0.25, -0.2) is 0 Å². The molecule has 8 rings (SSSR count). The van der Waals surface area contributed by atoms with E-state index in [0.717, 1.165) is 16.7 Å². The van der Waals surface area contributed by atoms with Crippen molar-refractivity contribution >= 4 is 45.9 Å². The second-order valence-corrected chi connectivity index (χ2v) is 10.9. The van der Waals surface area contributed by atoms with E-state index >= 15 is 0 Å². The van der Waals surface area contributed by atoms with Crippen LogP contribution in [0.25, 0.3) is 32.7 Å². The van der Waals surface area contributed by atoms with E-state index in [-0.39, 0.29) is 0 Å². The van der Waals surface area contributed by atoms with Gasteiger partial charge in [-0.1, -0.05) is 127 Å². The van der Waals surface area contributed by atoms with Crippen LogP contribution in [-0.2, 0) is 5.41 Å². The first-order chi connectivity index (χ1) is 18.2. The Hall–Kier alpha value is -3.83. The zero-order valence-corrected chi connectivity index (χ0v) is 20.7. The Morgan fingerprint density at radius 2 is 1.08 bits per heavy atom. The molecule has 0 atom stereocenters. The molecule has 0 bridgehead atoms. The van der Waals surface area contributed by atoms with Crippen LogP contribution in [0.4, 0.5) is 0 Å². The minimum absolute atomic E-state index is 0.546. The van der Waals surface area contributed by atoms with Gasteiger partial charge in [-0.2, -0.15) is 0 Å². The van der Waals surface area contributed by atoms with Gasteiger partial charge in [0, 0.05) is 9.79 Å². The lowest BCUT2D eigenvalue weighted by atomic mass is 9.66. The van der Waals surface area contributed by atoms with Gasteiger partial charge in [0.1, 0.15) is 0 Å². The molecule has 4 heteroatoms. The normalized spacial score (nSPS) is 14.3. The molecule has 1 spiro atoms. The van der Waals surface area contributed by atoms with Gasteiger partial charge < -0.3 is 10.0 Å². The van der Waals surface area contributed by atoms with E-state index in [4.69, 9.17) is 0 Å². The molecule has 6 aromatic rings. The topological polar surface area (TPSA) is 40.5 Å². The molecule has 1 aliphatic heterocycles. The Morgan fingerprint density at radius 3 is 1.73 bits per heavy atom. The second kappa shape index (κ2) is 7.59. The minimum atomic E-state index is -1.55. The summed E-state index contributed by atoms with van der Waals surface area (Å²) in [6.45, 7) is 0. The molecule has 2 N–H and O–H groups in total. The third kappa shape index (κ3) is 2.65. The number of hydrogen-bond donors (Lipinski definition) is 2. The van der Waals surface area contributed by atoms with Crippen molar-refractivity contribution in [1.29, 1.82) is 0 Å². The number of hydrogen-bond acceptors (Lipinski definition) is 3. The first kappa shape index (κ1) is 21.3. The standard InChI is InChI=1S/C33H21BO2S/c35-34(36)29-15-7-14-26-30(29)24-12-5-6-13-25(24)33(26)27-18-16-20-8-1-3-10-22(20)31(27)37-32-23-11-4-2-9-21(23)17-19-28(32)33/h1-19,35-36H. The lowest BCUT2D eigenvalue weighted by Gasteiger charge is -2.40. The van der Waals surface area contributed by atoms with Crippen LogP contribution in [0.15, 0.2) is 125 Å². The maximum Gasteiger partial charge on any atom is 0.489 e. The van der Waals surface area contributed by atoms with Crippen molar-refractivity contribution < 1.29 is 10.0 Å². The summed E-state index contributed by atoms with van der Waals surface area (Å²) in [6.07, 6.45) is 0. The van der Waals surface area contributed by atoms with Crippen LogP contribution >= 0.6 is 11.8 Å². The van der Waals surface area contributed by atoms with Gasteiger partial charge in [0.2, 0.25) is 0 Å². The van der Waals surface area contributed by atoms with Crippen molar-refractivity contribution in [3.05, 3.63) is 138 Å². The number of benzene rings is 6. The van der Waals surface area contributed by atoms with Crippen LogP contribution in [0.5, 0.6) is 0 Å². The predicted molar refractivity (Wildman–Crippen MR) is 153 cm³/mol. The fourth-order valence-electron chi connectivity index (χ4n) is 6.70. The van der Waals surface area contributed by atoms with Crippen molar-refractivity contribution in [2.45, 2.75) is 15.2 Å². The SMILES string of the molecule is OB(O)c1cccc2c1-c1ccccc1C21c2ccc3ccccc3c2Sc2c1ccc1ccccc21. The molecule has 174 valence electrons. The highest BCUT2D eigenvalue weighted by molar-refractivity contribution is 8.00. The van der Waals surface area contributed by atoms with Crippen LogP contribution < -0.4 is 5.46 Å². The maximum atomic E-state index is 10.4. The van der Waals surface area contributed by atoms with E-state index in [1.54, 1.807) is 0 Å². The van der Waals surface area contributed by atoms with Crippen molar-refractivity contribution in [2.75, 3.05) is 0 Å². The Morgan fingerprint density at radius 1 is 0.514 bits per heavy atom.